The second-order valence-corrected chi connectivity index (χ2v) is 2.25. The molecule has 1 fully saturated rings. The van der Waals surface area contributed by atoms with E-state index in [-0.39, 0.29) is 0 Å². The van der Waals surface area contributed by atoms with Crippen LogP contribution in [0.3, 0.4) is 0 Å². The van der Waals surface area contributed by atoms with Crippen LogP contribution in [0.4, 0.5) is 0 Å². The fourth-order valence-corrected chi connectivity index (χ4v) is 0.915. The first-order valence-electron chi connectivity index (χ1n) is 3.60. The van der Waals surface area contributed by atoms with Gasteiger partial charge in [-0.25, -0.2) is 5.01 Å². The zero-order chi connectivity index (χ0) is 7.23. The van der Waals surface area contributed by atoms with Crippen LogP contribution in [0.25, 0.3) is 0 Å². The van der Waals surface area contributed by atoms with E-state index in [0.717, 1.165) is 32.8 Å². The number of morpholine rings is 1. The Kier molecular flexibility index (Phi) is 3.43. The summed E-state index contributed by atoms with van der Waals surface area (Å²) in [5.41, 5.74) is 3.21. The van der Waals surface area contributed by atoms with Gasteiger partial charge in [0, 0.05) is 19.6 Å². The topological polar surface area (TPSA) is 24.5 Å². The van der Waals surface area contributed by atoms with Gasteiger partial charge in [0.05, 0.1) is 13.2 Å². The van der Waals surface area contributed by atoms with Crippen molar-refractivity contribution in [3.8, 4) is 0 Å². The van der Waals surface area contributed by atoms with Gasteiger partial charge in [-0.15, -0.1) is 6.58 Å². The third kappa shape index (κ3) is 2.47. The first-order chi connectivity index (χ1) is 4.93. The zero-order valence-electron chi connectivity index (χ0n) is 6.18. The maximum Gasteiger partial charge on any atom is 0.0608 e. The molecule has 10 heavy (non-hydrogen) atoms. The normalized spacial score (nSPS) is 20.8. The molecular weight excluding hydrogens is 128 g/mol. The molecule has 0 radical (unpaired) electrons. The van der Waals surface area contributed by atoms with Gasteiger partial charge in [-0.2, -0.15) is 0 Å². The molecular formula is C7H14N2O. The number of hydrogen-bond acceptors (Lipinski definition) is 3. The number of nitrogens with one attached hydrogen (secondary N) is 1. The molecule has 0 aromatic heterocycles. The quantitative estimate of drug-likeness (QED) is 0.562. The lowest BCUT2D eigenvalue weighted by Gasteiger charge is -2.26. The van der Waals surface area contributed by atoms with Gasteiger partial charge < -0.3 is 4.74 Å². The summed E-state index contributed by atoms with van der Waals surface area (Å²) in [4.78, 5) is 0. The number of rotatable bonds is 3. The third-order valence-corrected chi connectivity index (χ3v) is 1.47. The van der Waals surface area contributed by atoms with Gasteiger partial charge in [0.2, 0.25) is 0 Å². The van der Waals surface area contributed by atoms with Gasteiger partial charge in [-0.1, -0.05) is 6.08 Å². The van der Waals surface area contributed by atoms with E-state index in [1.54, 1.807) is 0 Å². The summed E-state index contributed by atoms with van der Waals surface area (Å²) in [6.07, 6.45) is 1.86. The third-order valence-electron chi connectivity index (χ3n) is 1.47. The van der Waals surface area contributed by atoms with Crippen molar-refractivity contribution in [2.75, 3.05) is 32.8 Å². The van der Waals surface area contributed by atoms with Crippen LogP contribution in [0.5, 0.6) is 0 Å². The predicted molar refractivity (Wildman–Crippen MR) is 40.6 cm³/mol. The Labute approximate surface area is 61.6 Å². The summed E-state index contributed by atoms with van der Waals surface area (Å²) < 4.78 is 5.17. The van der Waals surface area contributed by atoms with E-state index in [1.165, 1.54) is 0 Å². The largest absolute Gasteiger partial charge is 0.379 e. The molecule has 1 N–H and O–H groups in total. The van der Waals surface area contributed by atoms with Crippen molar-refractivity contribution in [2.24, 2.45) is 0 Å². The summed E-state index contributed by atoms with van der Waals surface area (Å²) in [7, 11) is 0. The molecule has 0 aliphatic carbocycles. The standard InChI is InChI=1S/C7H14N2O/c1-2-3-8-9-4-6-10-7-5-9/h2,8H,1,3-7H2. The molecule has 1 aliphatic heterocycles. The number of nitrogens with zero attached hydrogens (tertiary/aromatic N) is 1. The molecule has 3 nitrogen and oxygen atoms in total. The molecule has 1 heterocycles. The second-order valence-electron chi connectivity index (χ2n) is 2.25. The van der Waals surface area contributed by atoms with Crippen molar-refractivity contribution in [1.82, 2.24) is 10.4 Å². The van der Waals surface area contributed by atoms with E-state index in [9.17, 15) is 0 Å². The fourth-order valence-electron chi connectivity index (χ4n) is 0.915. The van der Waals surface area contributed by atoms with Crippen LogP contribution in [0.2, 0.25) is 0 Å². The van der Waals surface area contributed by atoms with Crippen molar-refractivity contribution in [2.45, 2.75) is 0 Å². The van der Waals surface area contributed by atoms with Crippen molar-refractivity contribution < 1.29 is 4.74 Å². The summed E-state index contributed by atoms with van der Waals surface area (Å²) in [5.74, 6) is 0. The lowest BCUT2D eigenvalue weighted by molar-refractivity contribution is 0.0143. The van der Waals surface area contributed by atoms with Gasteiger partial charge in [0.25, 0.3) is 0 Å². The summed E-state index contributed by atoms with van der Waals surface area (Å²) in [6.45, 7) is 8.11. The molecule has 1 saturated heterocycles. The molecule has 0 amide bonds. The number of hydrogen-bond donors (Lipinski definition) is 1. The lowest BCUT2D eigenvalue weighted by Crippen LogP contribution is -2.45. The maximum atomic E-state index is 5.17. The molecule has 0 spiro atoms. The summed E-state index contributed by atoms with van der Waals surface area (Å²) >= 11 is 0. The van der Waals surface area contributed by atoms with Crippen LogP contribution in [-0.4, -0.2) is 37.9 Å². The van der Waals surface area contributed by atoms with Crippen LogP contribution in [0.1, 0.15) is 0 Å². The summed E-state index contributed by atoms with van der Waals surface area (Å²) in [5, 5.41) is 2.16. The van der Waals surface area contributed by atoms with E-state index in [0.29, 0.717) is 0 Å². The molecule has 0 unspecified atom stereocenters. The highest BCUT2D eigenvalue weighted by Gasteiger charge is 2.07. The number of hydrazine groups is 1. The molecule has 58 valence electrons. The summed E-state index contributed by atoms with van der Waals surface area (Å²) in [6, 6.07) is 0. The van der Waals surface area contributed by atoms with E-state index >= 15 is 0 Å². The SMILES string of the molecule is C=CCNN1CCOCC1. The molecule has 0 saturated carbocycles. The molecule has 0 bridgehead atoms. The van der Waals surface area contributed by atoms with Crippen LogP contribution in [0, 0.1) is 0 Å². The van der Waals surface area contributed by atoms with E-state index in [4.69, 9.17) is 4.74 Å². The van der Waals surface area contributed by atoms with Gasteiger partial charge >= 0.3 is 0 Å². The Hall–Kier alpha value is -0.380. The predicted octanol–water partition coefficient (Wildman–Crippen LogP) is 0.00920. The van der Waals surface area contributed by atoms with Crippen molar-refractivity contribution >= 4 is 0 Å². The Morgan fingerprint density at radius 2 is 2.20 bits per heavy atom. The van der Waals surface area contributed by atoms with Gasteiger partial charge in [-0.3, -0.25) is 5.43 Å². The van der Waals surface area contributed by atoms with Gasteiger partial charge in [0.1, 0.15) is 0 Å². The van der Waals surface area contributed by atoms with Crippen molar-refractivity contribution in [3.05, 3.63) is 12.7 Å². The molecule has 0 aromatic rings. The monoisotopic (exact) mass is 142 g/mol. The van der Waals surface area contributed by atoms with Crippen LogP contribution < -0.4 is 5.43 Å². The van der Waals surface area contributed by atoms with E-state index in [2.05, 4.69) is 17.0 Å². The van der Waals surface area contributed by atoms with Crippen LogP contribution in [-0.2, 0) is 4.74 Å². The highest BCUT2D eigenvalue weighted by atomic mass is 16.5. The average Bonchev–Trinajstić information content (AvgIpc) is 2.03. The minimum absolute atomic E-state index is 0.837. The molecule has 0 aromatic carbocycles. The van der Waals surface area contributed by atoms with Crippen molar-refractivity contribution in [1.29, 1.82) is 0 Å². The minimum atomic E-state index is 0.837. The maximum absolute atomic E-state index is 5.17. The Balaban J connectivity index is 2.07. The molecule has 1 rings (SSSR count). The zero-order valence-corrected chi connectivity index (χ0v) is 6.18. The Morgan fingerprint density at radius 1 is 1.50 bits per heavy atom. The van der Waals surface area contributed by atoms with Gasteiger partial charge in [-0.05, 0) is 0 Å². The molecule has 0 atom stereocenters. The Morgan fingerprint density at radius 3 is 2.80 bits per heavy atom. The van der Waals surface area contributed by atoms with Crippen molar-refractivity contribution in [3.63, 3.8) is 0 Å². The fraction of sp³-hybridized carbons (Fsp3) is 0.714. The lowest BCUT2D eigenvalue weighted by atomic mass is 10.5. The Bertz CT molecular complexity index is 99.8. The van der Waals surface area contributed by atoms with Crippen LogP contribution in [0.15, 0.2) is 12.7 Å². The molecule has 1 aliphatic rings. The highest BCUT2D eigenvalue weighted by molar-refractivity contribution is 4.69. The van der Waals surface area contributed by atoms with E-state index < -0.39 is 0 Å². The second kappa shape index (κ2) is 4.44. The first kappa shape index (κ1) is 7.72. The minimum Gasteiger partial charge on any atom is -0.379 e. The van der Waals surface area contributed by atoms with E-state index in [1.807, 2.05) is 6.08 Å². The van der Waals surface area contributed by atoms with Crippen LogP contribution >= 0.6 is 0 Å². The molecule has 3 heteroatoms. The van der Waals surface area contributed by atoms with Gasteiger partial charge in [0.15, 0.2) is 0 Å². The first-order valence-corrected chi connectivity index (χ1v) is 3.60. The smallest absolute Gasteiger partial charge is 0.0608 e. The number of ether oxygens (including phenoxy) is 1. The highest BCUT2D eigenvalue weighted by Crippen LogP contribution is 1.90. The average molecular weight is 142 g/mol.